The number of aryl methyl sites for hydroxylation is 1. The maximum Gasteiger partial charge on any atom is 0.269 e. The van der Waals surface area contributed by atoms with E-state index in [2.05, 4.69) is 15.7 Å². The summed E-state index contributed by atoms with van der Waals surface area (Å²) in [6, 6.07) is 5.26. The number of rotatable bonds is 5. The smallest absolute Gasteiger partial charge is 0.269 e. The zero-order valence-corrected chi connectivity index (χ0v) is 13.7. The predicted octanol–water partition coefficient (Wildman–Crippen LogP) is 1.35. The van der Waals surface area contributed by atoms with Crippen LogP contribution in [0.3, 0.4) is 0 Å². The number of nitrogens with one attached hydrogen (secondary N) is 2. The molecule has 2 rings (SSSR count). The van der Waals surface area contributed by atoms with Crippen LogP contribution in [0.2, 0.25) is 0 Å². The van der Waals surface area contributed by atoms with Gasteiger partial charge in [0, 0.05) is 30.9 Å². The van der Waals surface area contributed by atoms with E-state index in [0.717, 1.165) is 0 Å². The van der Waals surface area contributed by atoms with Gasteiger partial charge in [-0.3, -0.25) is 9.48 Å². The molecule has 2 aromatic rings. The van der Waals surface area contributed by atoms with Crippen LogP contribution in [0.5, 0.6) is 11.5 Å². The van der Waals surface area contributed by atoms with Gasteiger partial charge in [0.15, 0.2) is 5.11 Å². The summed E-state index contributed by atoms with van der Waals surface area (Å²) in [5.74, 6) is 0.640. The highest BCUT2D eigenvalue weighted by Crippen LogP contribution is 2.26. The summed E-state index contributed by atoms with van der Waals surface area (Å²) in [6.07, 6.45) is 1.47. The second-order valence-electron chi connectivity index (χ2n) is 4.58. The number of carbonyl (C=O) groups is 1. The van der Waals surface area contributed by atoms with Crippen molar-refractivity contribution in [2.75, 3.05) is 24.9 Å². The van der Waals surface area contributed by atoms with Gasteiger partial charge in [-0.1, -0.05) is 0 Å². The number of amides is 1. The van der Waals surface area contributed by atoms with E-state index in [9.17, 15) is 4.79 Å². The minimum Gasteiger partial charge on any atom is -0.497 e. The van der Waals surface area contributed by atoms with Crippen molar-refractivity contribution in [3.05, 3.63) is 30.1 Å². The van der Waals surface area contributed by atoms with Gasteiger partial charge in [-0.25, -0.2) is 0 Å². The summed E-state index contributed by atoms with van der Waals surface area (Å²) in [5, 5.41) is 10.1. The van der Waals surface area contributed by atoms with Crippen molar-refractivity contribution in [3.63, 3.8) is 0 Å². The lowest BCUT2D eigenvalue weighted by molar-refractivity contribution is 0.0992. The van der Waals surface area contributed by atoms with Crippen LogP contribution in [0, 0.1) is 0 Å². The first kappa shape index (κ1) is 16.6. The van der Waals surface area contributed by atoms with Gasteiger partial charge in [0.25, 0.3) is 5.91 Å². The molecule has 1 heterocycles. The molecule has 0 unspecified atom stereocenters. The summed E-state index contributed by atoms with van der Waals surface area (Å²) in [4.78, 5) is 11.4. The lowest BCUT2D eigenvalue weighted by Crippen LogP contribution is -2.23. The van der Waals surface area contributed by atoms with Crippen LogP contribution in [0.15, 0.2) is 24.4 Å². The Labute approximate surface area is 138 Å². The molecule has 122 valence electrons. The van der Waals surface area contributed by atoms with Gasteiger partial charge in [-0.2, -0.15) is 5.10 Å². The van der Waals surface area contributed by atoms with E-state index in [1.54, 1.807) is 39.5 Å². The monoisotopic (exact) mass is 335 g/mol. The van der Waals surface area contributed by atoms with Crippen LogP contribution >= 0.6 is 12.2 Å². The molecule has 4 N–H and O–H groups in total. The number of methoxy groups -OCH3 is 2. The minimum atomic E-state index is -0.599. The van der Waals surface area contributed by atoms with E-state index in [0.29, 0.717) is 22.9 Å². The number of primary amides is 1. The molecule has 8 nitrogen and oxygen atoms in total. The van der Waals surface area contributed by atoms with Crippen LogP contribution in [0.4, 0.5) is 11.4 Å². The number of ether oxygens (including phenoxy) is 2. The van der Waals surface area contributed by atoms with Gasteiger partial charge in [0.05, 0.1) is 26.1 Å². The highest BCUT2D eigenvalue weighted by Gasteiger charge is 2.15. The fourth-order valence-corrected chi connectivity index (χ4v) is 2.21. The standard InChI is InChI=1S/C14H17N5O3S/c1-19-12(13(15)20)11(7-16-19)18-14(23)17-8-4-9(21-2)6-10(5-8)22-3/h4-7H,1-3H3,(H2,15,20)(H2,17,18,23). The molecule has 0 atom stereocenters. The molecule has 0 aliphatic rings. The van der Waals surface area contributed by atoms with Crippen LogP contribution < -0.4 is 25.8 Å². The Bertz CT molecular complexity index is 722. The van der Waals surface area contributed by atoms with Crippen molar-refractivity contribution >= 4 is 34.6 Å². The lowest BCUT2D eigenvalue weighted by atomic mass is 10.3. The molecule has 0 aliphatic carbocycles. The number of hydrogen-bond donors (Lipinski definition) is 3. The molecule has 0 bridgehead atoms. The predicted molar refractivity (Wildman–Crippen MR) is 91.1 cm³/mol. The van der Waals surface area contributed by atoms with E-state index in [1.807, 2.05) is 0 Å². The van der Waals surface area contributed by atoms with E-state index in [-0.39, 0.29) is 10.8 Å². The number of nitrogens with two attached hydrogens (primary N) is 1. The average molecular weight is 335 g/mol. The van der Waals surface area contributed by atoms with Gasteiger partial charge in [-0.15, -0.1) is 0 Å². The highest BCUT2D eigenvalue weighted by molar-refractivity contribution is 7.80. The Balaban J connectivity index is 2.16. The lowest BCUT2D eigenvalue weighted by Gasteiger charge is -2.12. The van der Waals surface area contributed by atoms with Crippen molar-refractivity contribution in [1.82, 2.24) is 9.78 Å². The Morgan fingerprint density at radius 1 is 1.22 bits per heavy atom. The van der Waals surface area contributed by atoms with E-state index in [1.165, 1.54) is 10.9 Å². The van der Waals surface area contributed by atoms with Crippen molar-refractivity contribution in [3.8, 4) is 11.5 Å². The summed E-state index contributed by atoms with van der Waals surface area (Å²) in [6.45, 7) is 0. The second-order valence-corrected chi connectivity index (χ2v) is 4.98. The van der Waals surface area contributed by atoms with Crippen molar-refractivity contribution in [1.29, 1.82) is 0 Å². The first-order valence-corrected chi connectivity index (χ1v) is 6.98. The number of hydrogen-bond acceptors (Lipinski definition) is 5. The number of aromatic nitrogens is 2. The Morgan fingerprint density at radius 2 is 1.83 bits per heavy atom. The number of nitrogens with zero attached hydrogens (tertiary/aromatic N) is 2. The molecule has 0 aliphatic heterocycles. The summed E-state index contributed by atoms with van der Waals surface area (Å²) in [5.41, 5.74) is 6.65. The third-order valence-corrected chi connectivity index (χ3v) is 3.23. The van der Waals surface area contributed by atoms with E-state index >= 15 is 0 Å². The highest BCUT2D eigenvalue weighted by atomic mass is 32.1. The molecule has 0 fully saturated rings. The molecule has 1 aromatic carbocycles. The van der Waals surface area contributed by atoms with Crippen LogP contribution in [0.1, 0.15) is 10.5 Å². The average Bonchev–Trinajstić information content (AvgIpc) is 2.87. The van der Waals surface area contributed by atoms with Crippen molar-refractivity contribution in [2.24, 2.45) is 12.8 Å². The number of thiocarbonyl (C=S) groups is 1. The molecular formula is C14H17N5O3S. The van der Waals surface area contributed by atoms with Gasteiger partial charge < -0.3 is 25.8 Å². The van der Waals surface area contributed by atoms with E-state index in [4.69, 9.17) is 27.4 Å². The normalized spacial score (nSPS) is 10.0. The molecule has 9 heteroatoms. The fourth-order valence-electron chi connectivity index (χ4n) is 1.99. The summed E-state index contributed by atoms with van der Waals surface area (Å²) < 4.78 is 11.8. The maximum atomic E-state index is 11.4. The molecule has 0 radical (unpaired) electrons. The summed E-state index contributed by atoms with van der Waals surface area (Å²) >= 11 is 5.24. The van der Waals surface area contributed by atoms with Gasteiger partial charge in [0.1, 0.15) is 17.2 Å². The SMILES string of the molecule is COc1cc(NC(=S)Nc2cnn(C)c2C(N)=O)cc(OC)c1. The molecule has 1 aromatic heterocycles. The summed E-state index contributed by atoms with van der Waals surface area (Å²) in [7, 11) is 4.74. The topological polar surface area (TPSA) is 103 Å². The van der Waals surface area contributed by atoms with Crippen molar-refractivity contribution < 1.29 is 14.3 Å². The minimum absolute atomic E-state index is 0.234. The molecule has 1 amide bonds. The largest absolute Gasteiger partial charge is 0.497 e. The third kappa shape index (κ3) is 3.89. The van der Waals surface area contributed by atoms with E-state index < -0.39 is 5.91 Å². The Kier molecular flexibility index (Phi) is 5.02. The molecule has 0 saturated heterocycles. The van der Waals surface area contributed by atoms with Gasteiger partial charge >= 0.3 is 0 Å². The second kappa shape index (κ2) is 6.97. The first-order chi connectivity index (χ1) is 10.9. The van der Waals surface area contributed by atoms with Gasteiger partial charge in [-0.05, 0) is 12.2 Å². The van der Waals surface area contributed by atoms with Crippen LogP contribution in [0.25, 0.3) is 0 Å². The fraction of sp³-hybridized carbons (Fsp3) is 0.214. The molecule has 0 saturated carbocycles. The maximum absolute atomic E-state index is 11.4. The number of benzene rings is 1. The molecule has 23 heavy (non-hydrogen) atoms. The molecule has 0 spiro atoms. The number of anilines is 2. The first-order valence-electron chi connectivity index (χ1n) is 6.57. The van der Waals surface area contributed by atoms with Crippen LogP contribution in [-0.4, -0.2) is 35.0 Å². The molecular weight excluding hydrogens is 318 g/mol. The van der Waals surface area contributed by atoms with Crippen LogP contribution in [-0.2, 0) is 7.05 Å². The van der Waals surface area contributed by atoms with Crippen molar-refractivity contribution in [2.45, 2.75) is 0 Å². The quantitative estimate of drug-likeness (QED) is 0.709. The van der Waals surface area contributed by atoms with Gasteiger partial charge in [0.2, 0.25) is 0 Å². The Morgan fingerprint density at radius 3 is 2.35 bits per heavy atom. The zero-order valence-electron chi connectivity index (χ0n) is 12.9. The number of carbonyl (C=O) groups excluding carboxylic acids is 1. The zero-order chi connectivity index (χ0) is 17.0. The Hall–Kier alpha value is -2.81. The third-order valence-electron chi connectivity index (χ3n) is 3.03.